The SMILES string of the molecule is c1ccc(-c2cc(-c3cccc4oc5cc(-c6nc(-c7ccccc7)nc(-c7cccc8oc9ccccc9c78)n6)ccc5c34)c3c(c2)oc2ccccc23)cc1. The van der Waals surface area contributed by atoms with Crippen LogP contribution in [0.3, 0.4) is 0 Å². The van der Waals surface area contributed by atoms with Gasteiger partial charge in [-0.3, -0.25) is 0 Å². The first-order chi connectivity index (χ1) is 28.2. The first-order valence-corrected chi connectivity index (χ1v) is 18.9. The zero-order chi connectivity index (χ0) is 37.5. The maximum absolute atomic E-state index is 6.69. The van der Waals surface area contributed by atoms with E-state index in [1.807, 2.05) is 91.0 Å². The van der Waals surface area contributed by atoms with E-state index in [0.717, 1.165) is 105 Å². The second-order valence-electron chi connectivity index (χ2n) is 14.3. The van der Waals surface area contributed by atoms with Crippen LogP contribution in [0.4, 0.5) is 0 Å². The second kappa shape index (κ2) is 12.3. The summed E-state index contributed by atoms with van der Waals surface area (Å²) in [6.07, 6.45) is 0. The van der Waals surface area contributed by atoms with Gasteiger partial charge in [0.05, 0.1) is 0 Å². The fraction of sp³-hybridized carbons (Fsp3) is 0. The highest BCUT2D eigenvalue weighted by molar-refractivity contribution is 6.20. The number of aromatic nitrogens is 3. The molecule has 0 bridgehead atoms. The standard InChI is InChI=1S/C51H29N3O3/c1-3-13-30(14-4-1)33-27-39(48-36-18-8-10-22-41(36)56-45(48)29-33)34-19-11-23-42-46(34)37-26-25-32(28-44(37)57-42)50-52-49(31-15-5-2-6-16-31)53-51(54-50)38-20-12-24-43-47(38)35-17-7-9-21-40(35)55-43/h1-29H. The minimum atomic E-state index is 0.549. The van der Waals surface area contributed by atoms with Gasteiger partial charge < -0.3 is 13.3 Å². The Morgan fingerprint density at radius 1 is 0.263 bits per heavy atom. The average Bonchev–Trinajstić information content (AvgIpc) is 3.97. The van der Waals surface area contributed by atoms with Crippen LogP contribution in [0.15, 0.2) is 189 Å². The maximum atomic E-state index is 6.69. The van der Waals surface area contributed by atoms with Crippen LogP contribution in [0.5, 0.6) is 0 Å². The summed E-state index contributed by atoms with van der Waals surface area (Å²) in [5.74, 6) is 1.70. The van der Waals surface area contributed by atoms with Crippen LogP contribution in [-0.2, 0) is 0 Å². The quantitative estimate of drug-likeness (QED) is 0.175. The molecule has 57 heavy (non-hydrogen) atoms. The lowest BCUT2D eigenvalue weighted by molar-refractivity contribution is 0.668. The highest BCUT2D eigenvalue weighted by atomic mass is 16.3. The fourth-order valence-corrected chi connectivity index (χ4v) is 8.36. The molecule has 266 valence electrons. The molecule has 8 aromatic carbocycles. The summed E-state index contributed by atoms with van der Waals surface area (Å²) < 4.78 is 19.4. The molecule has 4 heterocycles. The molecule has 0 unspecified atom stereocenters. The van der Waals surface area contributed by atoms with Crippen molar-refractivity contribution in [3.05, 3.63) is 176 Å². The topological polar surface area (TPSA) is 78.1 Å². The van der Waals surface area contributed by atoms with E-state index in [-0.39, 0.29) is 0 Å². The molecule has 12 aromatic rings. The smallest absolute Gasteiger partial charge is 0.164 e. The van der Waals surface area contributed by atoms with Crippen LogP contribution in [-0.4, -0.2) is 15.0 Å². The summed E-state index contributed by atoms with van der Waals surface area (Å²) in [6, 6.07) is 59.8. The molecule has 6 nitrogen and oxygen atoms in total. The predicted molar refractivity (Wildman–Crippen MR) is 229 cm³/mol. The monoisotopic (exact) mass is 731 g/mol. The first-order valence-electron chi connectivity index (χ1n) is 18.9. The van der Waals surface area contributed by atoms with E-state index in [1.165, 1.54) is 0 Å². The van der Waals surface area contributed by atoms with Crippen molar-refractivity contribution >= 4 is 65.8 Å². The number of benzene rings is 8. The molecule has 0 radical (unpaired) electrons. The Hall–Kier alpha value is -7.83. The Labute approximate surface area is 325 Å². The lowest BCUT2D eigenvalue weighted by Gasteiger charge is -2.10. The van der Waals surface area contributed by atoms with E-state index >= 15 is 0 Å². The van der Waals surface area contributed by atoms with Gasteiger partial charge in [0, 0.05) is 49.0 Å². The number of fused-ring (bicyclic) bond motifs is 9. The van der Waals surface area contributed by atoms with Crippen molar-refractivity contribution in [2.75, 3.05) is 0 Å². The molecule has 0 atom stereocenters. The summed E-state index contributed by atoms with van der Waals surface area (Å²) in [5.41, 5.74) is 11.8. The molecule has 0 spiro atoms. The number of nitrogens with zero attached hydrogens (tertiary/aromatic N) is 3. The minimum absolute atomic E-state index is 0.549. The third-order valence-corrected chi connectivity index (χ3v) is 10.9. The normalized spacial score (nSPS) is 11.9. The molecule has 12 rings (SSSR count). The van der Waals surface area contributed by atoms with Crippen LogP contribution in [0.2, 0.25) is 0 Å². The Bertz CT molecular complexity index is 3530. The Morgan fingerprint density at radius 3 is 1.47 bits per heavy atom. The lowest BCUT2D eigenvalue weighted by atomic mass is 9.92. The largest absolute Gasteiger partial charge is 0.456 e. The number of furan rings is 3. The van der Waals surface area contributed by atoms with Crippen molar-refractivity contribution in [2.24, 2.45) is 0 Å². The molecule has 4 aromatic heterocycles. The maximum Gasteiger partial charge on any atom is 0.164 e. The summed E-state index contributed by atoms with van der Waals surface area (Å²) >= 11 is 0. The average molecular weight is 732 g/mol. The molecule has 0 aliphatic carbocycles. The molecule has 0 amide bonds. The van der Waals surface area contributed by atoms with Gasteiger partial charge in [0.15, 0.2) is 17.5 Å². The predicted octanol–water partition coefficient (Wildman–Crippen LogP) is 13.9. The molecule has 0 saturated heterocycles. The van der Waals surface area contributed by atoms with Gasteiger partial charge in [-0.1, -0.05) is 127 Å². The van der Waals surface area contributed by atoms with Crippen LogP contribution in [0, 0.1) is 0 Å². The molecule has 0 N–H and O–H groups in total. The van der Waals surface area contributed by atoms with Gasteiger partial charge >= 0.3 is 0 Å². The van der Waals surface area contributed by atoms with Crippen molar-refractivity contribution in [1.29, 1.82) is 0 Å². The Morgan fingerprint density at radius 2 is 0.754 bits per heavy atom. The van der Waals surface area contributed by atoms with Crippen molar-refractivity contribution in [2.45, 2.75) is 0 Å². The van der Waals surface area contributed by atoms with Gasteiger partial charge in [0.2, 0.25) is 0 Å². The third kappa shape index (κ3) is 5.01. The van der Waals surface area contributed by atoms with Gasteiger partial charge in [0.1, 0.15) is 33.5 Å². The van der Waals surface area contributed by atoms with E-state index in [9.17, 15) is 0 Å². The molecule has 6 heteroatoms. The van der Waals surface area contributed by atoms with Crippen molar-refractivity contribution in [3.63, 3.8) is 0 Å². The summed E-state index contributed by atoms with van der Waals surface area (Å²) in [6.45, 7) is 0. The van der Waals surface area contributed by atoms with Gasteiger partial charge in [-0.05, 0) is 70.8 Å². The van der Waals surface area contributed by atoms with Crippen LogP contribution in [0.25, 0.3) is 122 Å². The Kier molecular flexibility index (Phi) is 6.83. The van der Waals surface area contributed by atoms with Crippen LogP contribution >= 0.6 is 0 Å². The van der Waals surface area contributed by atoms with E-state index in [0.29, 0.717) is 17.5 Å². The number of hydrogen-bond donors (Lipinski definition) is 0. The highest BCUT2D eigenvalue weighted by Gasteiger charge is 2.21. The lowest BCUT2D eigenvalue weighted by Crippen LogP contribution is -2.00. The number of rotatable bonds is 5. The zero-order valence-corrected chi connectivity index (χ0v) is 30.3. The molecule has 0 fully saturated rings. The number of hydrogen-bond acceptors (Lipinski definition) is 6. The zero-order valence-electron chi connectivity index (χ0n) is 30.3. The van der Waals surface area contributed by atoms with Crippen LogP contribution < -0.4 is 0 Å². The van der Waals surface area contributed by atoms with Crippen LogP contribution in [0.1, 0.15) is 0 Å². The van der Waals surface area contributed by atoms with E-state index < -0.39 is 0 Å². The minimum Gasteiger partial charge on any atom is -0.456 e. The first kappa shape index (κ1) is 31.5. The van der Waals surface area contributed by atoms with Gasteiger partial charge in [-0.25, -0.2) is 15.0 Å². The van der Waals surface area contributed by atoms with Crippen molar-refractivity contribution < 1.29 is 13.3 Å². The van der Waals surface area contributed by atoms with Gasteiger partial charge in [0.25, 0.3) is 0 Å². The molecular formula is C51H29N3O3. The number of para-hydroxylation sites is 2. The van der Waals surface area contributed by atoms with E-state index in [2.05, 4.69) is 84.9 Å². The molecule has 0 aliphatic heterocycles. The fourth-order valence-electron chi connectivity index (χ4n) is 8.36. The second-order valence-corrected chi connectivity index (χ2v) is 14.3. The van der Waals surface area contributed by atoms with E-state index in [1.54, 1.807) is 0 Å². The van der Waals surface area contributed by atoms with Gasteiger partial charge in [-0.15, -0.1) is 0 Å². The highest BCUT2D eigenvalue weighted by Crippen LogP contribution is 2.45. The van der Waals surface area contributed by atoms with E-state index in [4.69, 9.17) is 28.2 Å². The summed E-state index contributed by atoms with van der Waals surface area (Å²) in [7, 11) is 0. The van der Waals surface area contributed by atoms with Gasteiger partial charge in [-0.2, -0.15) is 0 Å². The summed E-state index contributed by atoms with van der Waals surface area (Å²) in [5, 5.41) is 6.18. The van der Waals surface area contributed by atoms with Crippen molar-refractivity contribution in [1.82, 2.24) is 15.0 Å². The molecule has 0 aliphatic rings. The summed E-state index contributed by atoms with van der Waals surface area (Å²) in [4.78, 5) is 15.2. The molecule has 0 saturated carbocycles. The van der Waals surface area contributed by atoms with Crippen molar-refractivity contribution in [3.8, 4) is 56.4 Å². The third-order valence-electron chi connectivity index (χ3n) is 10.9. The molecular weight excluding hydrogens is 703 g/mol. The Balaban J connectivity index is 1.07.